The van der Waals surface area contributed by atoms with Crippen LogP contribution in [0.5, 0.6) is 5.75 Å². The van der Waals surface area contributed by atoms with Crippen molar-refractivity contribution in [2.24, 2.45) is 0 Å². The lowest BCUT2D eigenvalue weighted by Gasteiger charge is -2.04. The molecule has 0 spiro atoms. The lowest BCUT2D eigenvalue weighted by molar-refractivity contribution is 0.101. The Morgan fingerprint density at radius 2 is 2.23 bits per heavy atom. The largest absolute Gasteiger partial charge is 0.506 e. The van der Waals surface area contributed by atoms with E-state index in [0.29, 0.717) is 4.47 Å². The predicted molar refractivity (Wildman–Crippen MR) is 63.6 cm³/mol. The first kappa shape index (κ1) is 11.3. The molecule has 13 heavy (non-hydrogen) atoms. The van der Waals surface area contributed by atoms with Crippen LogP contribution in [-0.4, -0.2) is 16.8 Å². The van der Waals surface area contributed by atoms with Crippen LogP contribution in [0.2, 0.25) is 0 Å². The van der Waals surface area contributed by atoms with Gasteiger partial charge >= 0.3 is 0 Å². The van der Waals surface area contributed by atoms with Crippen LogP contribution >= 0.6 is 50.1 Å². The van der Waals surface area contributed by atoms with Gasteiger partial charge in [-0.2, -0.15) is 0 Å². The van der Waals surface area contributed by atoms with Gasteiger partial charge in [-0.05, 0) is 50.7 Å². The van der Waals surface area contributed by atoms with Gasteiger partial charge in [0.15, 0.2) is 5.78 Å². The smallest absolute Gasteiger partial charge is 0.181 e. The fourth-order valence-electron chi connectivity index (χ4n) is 0.837. The number of alkyl halides is 1. The first-order valence-electron chi connectivity index (χ1n) is 3.34. The van der Waals surface area contributed by atoms with Crippen molar-refractivity contribution in [3.05, 3.63) is 25.7 Å². The predicted octanol–water partition coefficient (Wildman–Crippen LogP) is 3.18. The summed E-state index contributed by atoms with van der Waals surface area (Å²) in [7, 11) is 0. The Labute approximate surface area is 103 Å². The second-order valence-corrected chi connectivity index (χ2v) is 4.54. The highest BCUT2D eigenvalue weighted by Gasteiger charge is 2.13. The molecule has 70 valence electrons. The summed E-state index contributed by atoms with van der Waals surface area (Å²) in [5.74, 6) is -0.450. The molecule has 1 aromatic rings. The van der Waals surface area contributed by atoms with Crippen molar-refractivity contribution in [3.8, 4) is 5.75 Å². The number of carbonyl (C=O) groups excluding carboxylic acids is 1. The molecule has 0 heterocycles. The maximum Gasteiger partial charge on any atom is 0.181 e. The van der Waals surface area contributed by atoms with Crippen molar-refractivity contribution in [3.63, 3.8) is 0 Å². The van der Waals surface area contributed by atoms with Crippen LogP contribution in [0.3, 0.4) is 0 Å². The van der Waals surface area contributed by atoms with Crippen molar-refractivity contribution in [2.45, 2.75) is 0 Å². The van der Waals surface area contributed by atoms with Crippen molar-refractivity contribution < 1.29 is 9.90 Å². The van der Waals surface area contributed by atoms with Gasteiger partial charge in [-0.1, -0.05) is 0 Å². The van der Waals surface area contributed by atoms with E-state index in [-0.39, 0.29) is 23.0 Å². The van der Waals surface area contributed by atoms with Crippen molar-refractivity contribution in [1.29, 1.82) is 0 Å². The lowest BCUT2D eigenvalue weighted by Crippen LogP contribution is -2.01. The SMILES string of the molecule is O=C(CCl)c1ccc(I)c(Br)c1O. The quantitative estimate of drug-likeness (QED) is 0.490. The fraction of sp³-hybridized carbons (Fsp3) is 0.125. The van der Waals surface area contributed by atoms with Crippen molar-refractivity contribution in [1.82, 2.24) is 0 Å². The summed E-state index contributed by atoms with van der Waals surface area (Å²) in [6, 6.07) is 3.30. The number of hydrogen-bond acceptors (Lipinski definition) is 2. The molecule has 1 rings (SSSR count). The van der Waals surface area contributed by atoms with Crippen LogP contribution in [0.15, 0.2) is 16.6 Å². The molecule has 0 aliphatic heterocycles. The second kappa shape index (κ2) is 4.61. The number of ketones is 1. The highest BCUT2D eigenvalue weighted by Crippen LogP contribution is 2.32. The number of carbonyl (C=O) groups is 1. The number of aromatic hydroxyl groups is 1. The minimum atomic E-state index is -0.281. The molecule has 0 saturated carbocycles. The average Bonchev–Trinajstić information content (AvgIpc) is 2.13. The van der Waals surface area contributed by atoms with Gasteiger partial charge < -0.3 is 5.11 Å². The fourth-order valence-corrected chi connectivity index (χ4v) is 1.76. The maximum absolute atomic E-state index is 11.2. The van der Waals surface area contributed by atoms with E-state index >= 15 is 0 Å². The Morgan fingerprint density at radius 1 is 1.62 bits per heavy atom. The molecule has 0 aliphatic rings. The lowest BCUT2D eigenvalue weighted by atomic mass is 10.1. The van der Waals surface area contributed by atoms with E-state index < -0.39 is 0 Å². The molecule has 0 atom stereocenters. The minimum absolute atomic E-state index is 0.0439. The Morgan fingerprint density at radius 3 is 2.77 bits per heavy atom. The first-order chi connectivity index (χ1) is 6.07. The van der Waals surface area contributed by atoms with Gasteiger partial charge in [0.05, 0.1) is 15.9 Å². The average molecular weight is 375 g/mol. The van der Waals surface area contributed by atoms with Crippen molar-refractivity contribution >= 4 is 55.9 Å². The molecule has 0 saturated heterocycles. The zero-order valence-corrected chi connectivity index (χ0v) is 10.9. The van der Waals surface area contributed by atoms with Crippen molar-refractivity contribution in [2.75, 3.05) is 5.88 Å². The summed E-state index contributed by atoms with van der Waals surface area (Å²) >= 11 is 10.6. The van der Waals surface area contributed by atoms with E-state index in [2.05, 4.69) is 38.5 Å². The van der Waals surface area contributed by atoms with Crippen LogP contribution < -0.4 is 0 Å². The number of benzene rings is 1. The maximum atomic E-state index is 11.2. The molecule has 0 bridgehead atoms. The monoisotopic (exact) mass is 374 g/mol. The Kier molecular flexibility index (Phi) is 4.00. The van der Waals surface area contributed by atoms with Crippen LogP contribution in [0.1, 0.15) is 10.4 Å². The third-order valence-corrected chi connectivity index (χ3v) is 4.18. The molecule has 0 amide bonds. The molecule has 1 aromatic carbocycles. The van der Waals surface area contributed by atoms with E-state index in [4.69, 9.17) is 11.6 Å². The molecule has 1 N–H and O–H groups in total. The van der Waals surface area contributed by atoms with E-state index in [1.54, 1.807) is 12.1 Å². The normalized spacial score (nSPS) is 10.1. The van der Waals surface area contributed by atoms with Gasteiger partial charge in [-0.25, -0.2) is 0 Å². The van der Waals surface area contributed by atoms with Gasteiger partial charge in [0.2, 0.25) is 0 Å². The second-order valence-electron chi connectivity index (χ2n) is 2.31. The zero-order chi connectivity index (χ0) is 10.0. The summed E-state index contributed by atoms with van der Waals surface area (Å²) in [6.07, 6.45) is 0. The van der Waals surface area contributed by atoms with Gasteiger partial charge in [0.1, 0.15) is 5.75 Å². The van der Waals surface area contributed by atoms with E-state index in [1.807, 2.05) is 0 Å². The molecule has 0 aliphatic carbocycles. The van der Waals surface area contributed by atoms with Gasteiger partial charge in [-0.15, -0.1) is 11.6 Å². The number of Topliss-reactive ketones (excluding diaryl/α,β-unsaturated/α-hetero) is 1. The Hall–Kier alpha value is 0.190. The van der Waals surface area contributed by atoms with Crippen LogP contribution in [0.25, 0.3) is 0 Å². The summed E-state index contributed by atoms with van der Waals surface area (Å²) < 4.78 is 1.38. The molecule has 0 fully saturated rings. The topological polar surface area (TPSA) is 37.3 Å². The molecule has 0 radical (unpaired) electrons. The van der Waals surface area contributed by atoms with E-state index in [9.17, 15) is 9.90 Å². The first-order valence-corrected chi connectivity index (χ1v) is 5.74. The summed E-state index contributed by atoms with van der Waals surface area (Å²) in [5.41, 5.74) is 0.252. The zero-order valence-electron chi connectivity index (χ0n) is 6.35. The number of phenols is 1. The van der Waals surface area contributed by atoms with Gasteiger partial charge in [-0.3, -0.25) is 4.79 Å². The van der Waals surface area contributed by atoms with Crippen LogP contribution in [0.4, 0.5) is 0 Å². The molecule has 0 aromatic heterocycles. The number of halogens is 3. The third kappa shape index (κ3) is 2.35. The standard InChI is InChI=1S/C8H5BrClIO2/c9-7-5(11)2-1-4(8(7)13)6(12)3-10/h1-2,13H,3H2. The third-order valence-electron chi connectivity index (χ3n) is 1.49. The minimum Gasteiger partial charge on any atom is -0.506 e. The highest BCUT2D eigenvalue weighted by molar-refractivity contribution is 14.1. The van der Waals surface area contributed by atoms with Crippen LogP contribution in [-0.2, 0) is 0 Å². The molecule has 2 nitrogen and oxygen atoms in total. The van der Waals surface area contributed by atoms with Gasteiger partial charge in [0, 0.05) is 3.57 Å². The molecular formula is C8H5BrClIO2. The molecule has 5 heteroatoms. The highest BCUT2D eigenvalue weighted by atomic mass is 127. The summed E-state index contributed by atoms with van der Waals surface area (Å²) in [6.45, 7) is 0. The number of rotatable bonds is 2. The molecule has 0 unspecified atom stereocenters. The molecular weight excluding hydrogens is 370 g/mol. The Balaban J connectivity index is 3.26. The number of phenolic OH excluding ortho intramolecular Hbond substituents is 1. The van der Waals surface area contributed by atoms with Gasteiger partial charge in [0.25, 0.3) is 0 Å². The van der Waals surface area contributed by atoms with E-state index in [0.717, 1.165) is 3.57 Å². The van der Waals surface area contributed by atoms with E-state index in [1.165, 1.54) is 0 Å². The van der Waals surface area contributed by atoms with Crippen LogP contribution in [0, 0.1) is 3.57 Å². The Bertz CT molecular complexity index is 354. The summed E-state index contributed by atoms with van der Waals surface area (Å²) in [4.78, 5) is 11.2. The number of hydrogen-bond donors (Lipinski definition) is 1. The summed E-state index contributed by atoms with van der Waals surface area (Å²) in [5, 5.41) is 9.55.